The van der Waals surface area contributed by atoms with Crippen molar-refractivity contribution in [2.24, 2.45) is 0 Å². The minimum atomic E-state index is -0.249. The van der Waals surface area contributed by atoms with Gasteiger partial charge in [-0.25, -0.2) is 0 Å². The molecule has 0 radical (unpaired) electrons. The van der Waals surface area contributed by atoms with Crippen LogP contribution in [0.1, 0.15) is 17.0 Å². The first kappa shape index (κ1) is 12.5. The van der Waals surface area contributed by atoms with Crippen LogP contribution in [0, 0.1) is 0 Å². The quantitative estimate of drug-likeness (QED) is 0.869. The Morgan fingerprint density at radius 1 is 1.11 bits per heavy atom. The second-order valence-electron chi connectivity index (χ2n) is 4.07. The van der Waals surface area contributed by atoms with E-state index in [1.165, 1.54) is 0 Å². The lowest BCUT2D eigenvalue weighted by molar-refractivity contribution is 0.277. The standard InChI is InChI=1S/C15H16O3/c1-18-12-7-8-15(17)13(9-12)14(10-16)11-5-3-2-4-6-11/h2-9,14,16-17H,10H2,1H3. The van der Waals surface area contributed by atoms with Gasteiger partial charge in [0.05, 0.1) is 13.7 Å². The van der Waals surface area contributed by atoms with Gasteiger partial charge < -0.3 is 14.9 Å². The Kier molecular flexibility index (Phi) is 3.85. The van der Waals surface area contributed by atoms with Crippen molar-refractivity contribution in [3.63, 3.8) is 0 Å². The number of benzene rings is 2. The van der Waals surface area contributed by atoms with E-state index in [2.05, 4.69) is 0 Å². The molecular weight excluding hydrogens is 228 g/mol. The lowest BCUT2D eigenvalue weighted by Crippen LogP contribution is -2.06. The van der Waals surface area contributed by atoms with E-state index in [1.807, 2.05) is 30.3 Å². The first-order valence-corrected chi connectivity index (χ1v) is 5.79. The van der Waals surface area contributed by atoms with Crippen molar-refractivity contribution in [3.8, 4) is 11.5 Å². The smallest absolute Gasteiger partial charge is 0.119 e. The normalized spacial score (nSPS) is 12.1. The molecule has 0 aliphatic rings. The molecule has 0 saturated heterocycles. The van der Waals surface area contributed by atoms with Crippen molar-refractivity contribution in [3.05, 3.63) is 59.7 Å². The number of aliphatic hydroxyl groups is 1. The van der Waals surface area contributed by atoms with Gasteiger partial charge in [0.2, 0.25) is 0 Å². The van der Waals surface area contributed by atoms with E-state index in [-0.39, 0.29) is 18.3 Å². The Labute approximate surface area is 106 Å². The largest absolute Gasteiger partial charge is 0.508 e. The van der Waals surface area contributed by atoms with Crippen molar-refractivity contribution in [1.29, 1.82) is 0 Å². The van der Waals surface area contributed by atoms with Crippen LogP contribution in [0.25, 0.3) is 0 Å². The monoisotopic (exact) mass is 244 g/mol. The molecule has 2 aromatic carbocycles. The van der Waals surface area contributed by atoms with Crippen LogP contribution in [0.2, 0.25) is 0 Å². The summed E-state index contributed by atoms with van der Waals surface area (Å²) in [5.74, 6) is 0.581. The fourth-order valence-electron chi connectivity index (χ4n) is 2.01. The molecule has 0 saturated carbocycles. The third-order valence-corrected chi connectivity index (χ3v) is 2.99. The van der Waals surface area contributed by atoms with Crippen LogP contribution in [0.15, 0.2) is 48.5 Å². The summed E-state index contributed by atoms with van der Waals surface area (Å²) in [5, 5.41) is 19.5. The molecule has 94 valence electrons. The van der Waals surface area contributed by atoms with Crippen molar-refractivity contribution in [2.75, 3.05) is 13.7 Å². The maximum Gasteiger partial charge on any atom is 0.119 e. The highest BCUT2D eigenvalue weighted by Gasteiger charge is 2.17. The highest BCUT2D eigenvalue weighted by Crippen LogP contribution is 2.33. The molecule has 1 atom stereocenters. The van der Waals surface area contributed by atoms with Crippen LogP contribution >= 0.6 is 0 Å². The summed E-state index contributed by atoms with van der Waals surface area (Å²) in [7, 11) is 1.58. The highest BCUT2D eigenvalue weighted by molar-refractivity contribution is 5.45. The minimum absolute atomic E-state index is 0.0647. The lowest BCUT2D eigenvalue weighted by atomic mass is 9.91. The Bertz CT molecular complexity index is 508. The second kappa shape index (κ2) is 5.56. The predicted molar refractivity (Wildman–Crippen MR) is 70.0 cm³/mol. The molecule has 0 amide bonds. The third-order valence-electron chi connectivity index (χ3n) is 2.99. The van der Waals surface area contributed by atoms with E-state index in [0.717, 1.165) is 5.56 Å². The molecule has 0 heterocycles. The number of rotatable bonds is 4. The molecule has 2 N–H and O–H groups in total. The average Bonchev–Trinajstić information content (AvgIpc) is 2.43. The Balaban J connectivity index is 2.44. The molecule has 18 heavy (non-hydrogen) atoms. The van der Waals surface area contributed by atoms with Crippen molar-refractivity contribution >= 4 is 0 Å². The maximum atomic E-state index is 9.93. The number of ether oxygens (including phenoxy) is 1. The van der Waals surface area contributed by atoms with Crippen LogP contribution < -0.4 is 4.74 Å². The van der Waals surface area contributed by atoms with Crippen molar-refractivity contribution in [1.82, 2.24) is 0 Å². The summed E-state index contributed by atoms with van der Waals surface area (Å²) < 4.78 is 5.15. The Hall–Kier alpha value is -2.00. The van der Waals surface area contributed by atoms with Gasteiger partial charge in [-0.15, -0.1) is 0 Å². The van der Waals surface area contributed by atoms with E-state index < -0.39 is 0 Å². The summed E-state index contributed by atoms with van der Waals surface area (Å²) >= 11 is 0. The van der Waals surface area contributed by atoms with Gasteiger partial charge in [-0.1, -0.05) is 30.3 Å². The van der Waals surface area contributed by atoms with Crippen molar-refractivity contribution < 1.29 is 14.9 Å². The van der Waals surface area contributed by atoms with Crippen LogP contribution in [-0.4, -0.2) is 23.9 Å². The minimum Gasteiger partial charge on any atom is -0.508 e. The van der Waals surface area contributed by atoms with Gasteiger partial charge in [0.1, 0.15) is 11.5 Å². The van der Waals surface area contributed by atoms with E-state index in [4.69, 9.17) is 4.74 Å². The molecule has 0 fully saturated rings. The van der Waals surface area contributed by atoms with Crippen molar-refractivity contribution in [2.45, 2.75) is 5.92 Å². The first-order chi connectivity index (χ1) is 8.76. The number of hydrogen-bond donors (Lipinski definition) is 2. The molecule has 0 bridgehead atoms. The van der Waals surface area contributed by atoms with E-state index in [9.17, 15) is 10.2 Å². The van der Waals surface area contributed by atoms with E-state index in [0.29, 0.717) is 11.3 Å². The van der Waals surface area contributed by atoms with Gasteiger partial charge in [-0.2, -0.15) is 0 Å². The van der Waals surface area contributed by atoms with Gasteiger partial charge >= 0.3 is 0 Å². The summed E-state index contributed by atoms with van der Waals surface area (Å²) in [5.41, 5.74) is 1.63. The van der Waals surface area contributed by atoms with Gasteiger partial charge in [0, 0.05) is 11.5 Å². The molecule has 3 nitrogen and oxygen atoms in total. The predicted octanol–water partition coefficient (Wildman–Crippen LogP) is 2.53. The summed E-state index contributed by atoms with van der Waals surface area (Å²) in [6, 6.07) is 14.6. The molecular formula is C15H16O3. The van der Waals surface area contributed by atoms with Gasteiger partial charge in [0.15, 0.2) is 0 Å². The molecule has 0 aromatic heterocycles. The number of methoxy groups -OCH3 is 1. The summed E-state index contributed by atoms with van der Waals surface area (Å²) in [6.45, 7) is -0.0647. The maximum absolute atomic E-state index is 9.93. The summed E-state index contributed by atoms with van der Waals surface area (Å²) in [4.78, 5) is 0. The number of phenols is 1. The molecule has 0 spiro atoms. The first-order valence-electron chi connectivity index (χ1n) is 5.79. The zero-order chi connectivity index (χ0) is 13.0. The zero-order valence-corrected chi connectivity index (χ0v) is 10.2. The van der Waals surface area contributed by atoms with E-state index >= 15 is 0 Å². The van der Waals surface area contributed by atoms with Crippen LogP contribution in [0.5, 0.6) is 11.5 Å². The molecule has 2 rings (SSSR count). The summed E-state index contributed by atoms with van der Waals surface area (Å²) in [6.07, 6.45) is 0. The Morgan fingerprint density at radius 2 is 1.83 bits per heavy atom. The fraction of sp³-hybridized carbons (Fsp3) is 0.200. The van der Waals surface area contributed by atoms with Gasteiger partial charge in [-0.3, -0.25) is 0 Å². The SMILES string of the molecule is COc1ccc(O)c(C(CO)c2ccccc2)c1. The lowest BCUT2D eigenvalue weighted by Gasteiger charge is -2.17. The molecule has 0 aliphatic carbocycles. The topological polar surface area (TPSA) is 49.7 Å². The van der Waals surface area contributed by atoms with E-state index in [1.54, 1.807) is 25.3 Å². The third kappa shape index (κ3) is 2.46. The molecule has 2 aromatic rings. The number of aromatic hydroxyl groups is 1. The van der Waals surface area contributed by atoms with Gasteiger partial charge in [-0.05, 0) is 23.8 Å². The highest BCUT2D eigenvalue weighted by atomic mass is 16.5. The average molecular weight is 244 g/mol. The zero-order valence-electron chi connectivity index (χ0n) is 10.2. The number of aliphatic hydroxyl groups excluding tert-OH is 1. The second-order valence-corrected chi connectivity index (χ2v) is 4.07. The van der Waals surface area contributed by atoms with Crippen LogP contribution in [0.3, 0.4) is 0 Å². The molecule has 1 unspecified atom stereocenters. The number of phenolic OH excluding ortho intramolecular Hbond substituents is 1. The van der Waals surface area contributed by atoms with Gasteiger partial charge in [0.25, 0.3) is 0 Å². The number of hydrogen-bond acceptors (Lipinski definition) is 3. The van der Waals surface area contributed by atoms with Crippen LogP contribution in [-0.2, 0) is 0 Å². The molecule has 0 aliphatic heterocycles. The Morgan fingerprint density at radius 3 is 2.44 bits per heavy atom. The molecule has 3 heteroatoms. The van der Waals surface area contributed by atoms with Crippen LogP contribution in [0.4, 0.5) is 0 Å². The fourth-order valence-corrected chi connectivity index (χ4v) is 2.01.